The van der Waals surface area contributed by atoms with E-state index in [0.29, 0.717) is 5.92 Å². The summed E-state index contributed by atoms with van der Waals surface area (Å²) in [7, 11) is 1.66. The fourth-order valence-electron chi connectivity index (χ4n) is 2.56. The van der Waals surface area contributed by atoms with E-state index >= 15 is 0 Å². The second kappa shape index (κ2) is 7.30. The summed E-state index contributed by atoms with van der Waals surface area (Å²) in [6.45, 7) is 5.35. The summed E-state index contributed by atoms with van der Waals surface area (Å²) in [5, 5.41) is 4.53. The number of nitrogens with zero attached hydrogens (tertiary/aromatic N) is 2. The van der Waals surface area contributed by atoms with Crippen molar-refractivity contribution in [1.29, 1.82) is 0 Å². The van der Waals surface area contributed by atoms with Gasteiger partial charge in [-0.05, 0) is 48.7 Å². The number of para-hydroxylation sites is 1. The molecule has 124 valence electrons. The van der Waals surface area contributed by atoms with Crippen molar-refractivity contribution in [2.75, 3.05) is 19.0 Å². The van der Waals surface area contributed by atoms with Gasteiger partial charge in [-0.3, -0.25) is 0 Å². The Morgan fingerprint density at radius 1 is 1.00 bits per heavy atom. The molecule has 2 aromatic carbocycles. The van der Waals surface area contributed by atoms with Gasteiger partial charge in [0.05, 0.1) is 12.6 Å². The molecule has 0 atom stereocenters. The number of hydrogen-bond acceptors (Lipinski definition) is 4. The summed E-state index contributed by atoms with van der Waals surface area (Å²) >= 11 is 0. The Morgan fingerprint density at radius 3 is 2.46 bits per heavy atom. The number of anilines is 1. The number of nitrogens with one attached hydrogen (secondary N) is 1. The smallest absolute Gasteiger partial charge is 0.162 e. The first-order chi connectivity index (χ1) is 11.7. The molecule has 0 radical (unpaired) electrons. The van der Waals surface area contributed by atoms with Crippen LogP contribution in [0.15, 0.2) is 48.5 Å². The molecule has 4 heteroatoms. The fourth-order valence-corrected chi connectivity index (χ4v) is 2.56. The zero-order valence-corrected chi connectivity index (χ0v) is 14.4. The zero-order valence-electron chi connectivity index (χ0n) is 14.4. The molecule has 1 aromatic heterocycles. The van der Waals surface area contributed by atoms with Gasteiger partial charge in [-0.25, -0.2) is 9.97 Å². The summed E-state index contributed by atoms with van der Waals surface area (Å²) in [4.78, 5) is 9.47. The Labute approximate surface area is 142 Å². The van der Waals surface area contributed by atoms with Crippen LogP contribution < -0.4 is 10.1 Å². The first kappa shape index (κ1) is 16.2. The number of hydrogen-bond donors (Lipinski definition) is 1. The van der Waals surface area contributed by atoms with Crippen molar-refractivity contribution in [2.45, 2.75) is 20.3 Å². The number of benzene rings is 2. The molecule has 0 unspecified atom stereocenters. The summed E-state index contributed by atoms with van der Waals surface area (Å²) < 4.78 is 5.22. The van der Waals surface area contributed by atoms with E-state index in [1.54, 1.807) is 7.11 Å². The van der Waals surface area contributed by atoms with E-state index in [1.807, 2.05) is 42.5 Å². The van der Waals surface area contributed by atoms with Crippen LogP contribution in [0.5, 0.6) is 5.75 Å². The van der Waals surface area contributed by atoms with Gasteiger partial charge in [0.1, 0.15) is 11.6 Å². The van der Waals surface area contributed by atoms with Crippen molar-refractivity contribution in [3.05, 3.63) is 48.5 Å². The summed E-state index contributed by atoms with van der Waals surface area (Å²) in [5.41, 5.74) is 1.93. The third-order valence-corrected chi connectivity index (χ3v) is 3.97. The molecule has 3 aromatic rings. The summed E-state index contributed by atoms with van der Waals surface area (Å²) in [6.07, 6.45) is 1.11. The minimum absolute atomic E-state index is 0.659. The second-order valence-corrected chi connectivity index (χ2v) is 6.25. The SMILES string of the molecule is COc1ccc(-c2nc(NCCC(C)C)c3ccccc3n2)cc1. The maximum Gasteiger partial charge on any atom is 0.162 e. The van der Waals surface area contributed by atoms with Crippen molar-refractivity contribution in [3.63, 3.8) is 0 Å². The van der Waals surface area contributed by atoms with Crippen molar-refractivity contribution < 1.29 is 4.74 Å². The van der Waals surface area contributed by atoms with Crippen LogP contribution >= 0.6 is 0 Å². The third-order valence-electron chi connectivity index (χ3n) is 3.97. The highest BCUT2D eigenvalue weighted by Crippen LogP contribution is 2.26. The standard InChI is InChI=1S/C20H23N3O/c1-14(2)12-13-21-20-17-6-4-5-7-18(17)22-19(23-20)15-8-10-16(24-3)11-9-15/h4-11,14H,12-13H2,1-3H3,(H,21,22,23). The highest BCUT2D eigenvalue weighted by molar-refractivity contribution is 5.90. The van der Waals surface area contributed by atoms with E-state index in [4.69, 9.17) is 14.7 Å². The Morgan fingerprint density at radius 2 is 1.75 bits per heavy atom. The van der Waals surface area contributed by atoms with Crippen molar-refractivity contribution >= 4 is 16.7 Å². The third kappa shape index (κ3) is 3.65. The molecule has 0 saturated carbocycles. The lowest BCUT2D eigenvalue weighted by molar-refractivity contribution is 0.415. The molecule has 1 heterocycles. The van der Waals surface area contributed by atoms with E-state index in [2.05, 4.69) is 25.2 Å². The van der Waals surface area contributed by atoms with Crippen LogP contribution in [0.25, 0.3) is 22.3 Å². The maximum atomic E-state index is 5.22. The molecule has 0 saturated heterocycles. The molecule has 24 heavy (non-hydrogen) atoms. The average molecular weight is 321 g/mol. The second-order valence-electron chi connectivity index (χ2n) is 6.25. The molecule has 0 aliphatic carbocycles. The zero-order chi connectivity index (χ0) is 16.9. The largest absolute Gasteiger partial charge is 0.497 e. The van der Waals surface area contributed by atoms with Crippen LogP contribution in [0, 0.1) is 5.92 Å². The van der Waals surface area contributed by atoms with Crippen LogP contribution in [-0.4, -0.2) is 23.6 Å². The van der Waals surface area contributed by atoms with E-state index in [9.17, 15) is 0 Å². The van der Waals surface area contributed by atoms with Crippen molar-refractivity contribution in [1.82, 2.24) is 9.97 Å². The van der Waals surface area contributed by atoms with Gasteiger partial charge in [0.25, 0.3) is 0 Å². The van der Waals surface area contributed by atoms with Crippen molar-refractivity contribution in [3.8, 4) is 17.1 Å². The fraction of sp³-hybridized carbons (Fsp3) is 0.300. The molecule has 0 aliphatic rings. The van der Waals surface area contributed by atoms with Crippen LogP contribution in [0.2, 0.25) is 0 Å². The number of aromatic nitrogens is 2. The van der Waals surface area contributed by atoms with Gasteiger partial charge in [0, 0.05) is 17.5 Å². The molecular weight excluding hydrogens is 298 g/mol. The van der Waals surface area contributed by atoms with Crippen LogP contribution in [-0.2, 0) is 0 Å². The number of rotatable bonds is 6. The molecular formula is C20H23N3O. The van der Waals surface area contributed by atoms with Crippen LogP contribution in [0.4, 0.5) is 5.82 Å². The molecule has 0 amide bonds. The number of ether oxygens (including phenoxy) is 1. The summed E-state index contributed by atoms with van der Waals surface area (Å²) in [5.74, 6) is 3.11. The molecule has 3 rings (SSSR count). The lowest BCUT2D eigenvalue weighted by atomic mass is 10.1. The minimum atomic E-state index is 0.659. The normalized spacial score (nSPS) is 11.0. The van der Waals surface area contributed by atoms with Crippen LogP contribution in [0.1, 0.15) is 20.3 Å². The Bertz CT molecular complexity index is 813. The predicted molar refractivity (Wildman–Crippen MR) is 99.5 cm³/mol. The van der Waals surface area contributed by atoms with Gasteiger partial charge in [-0.15, -0.1) is 0 Å². The van der Waals surface area contributed by atoms with Crippen molar-refractivity contribution in [2.24, 2.45) is 5.92 Å². The Balaban J connectivity index is 1.98. The van der Waals surface area contributed by atoms with E-state index < -0.39 is 0 Å². The highest BCUT2D eigenvalue weighted by atomic mass is 16.5. The first-order valence-corrected chi connectivity index (χ1v) is 8.32. The highest BCUT2D eigenvalue weighted by Gasteiger charge is 2.09. The van der Waals surface area contributed by atoms with E-state index in [-0.39, 0.29) is 0 Å². The van der Waals surface area contributed by atoms with Gasteiger partial charge in [0.15, 0.2) is 5.82 Å². The Kier molecular flexibility index (Phi) is 4.94. The first-order valence-electron chi connectivity index (χ1n) is 8.32. The lowest BCUT2D eigenvalue weighted by Crippen LogP contribution is -2.08. The van der Waals surface area contributed by atoms with Gasteiger partial charge < -0.3 is 10.1 Å². The predicted octanol–water partition coefficient (Wildman–Crippen LogP) is 4.76. The van der Waals surface area contributed by atoms with E-state index in [0.717, 1.165) is 46.8 Å². The minimum Gasteiger partial charge on any atom is -0.497 e. The monoisotopic (exact) mass is 321 g/mol. The van der Waals surface area contributed by atoms with Gasteiger partial charge >= 0.3 is 0 Å². The molecule has 1 N–H and O–H groups in total. The average Bonchev–Trinajstić information content (AvgIpc) is 2.61. The number of fused-ring (bicyclic) bond motifs is 1. The molecule has 0 bridgehead atoms. The summed E-state index contributed by atoms with van der Waals surface area (Å²) in [6, 6.07) is 15.9. The Hall–Kier alpha value is -2.62. The van der Waals surface area contributed by atoms with Crippen LogP contribution in [0.3, 0.4) is 0 Å². The quantitative estimate of drug-likeness (QED) is 0.711. The molecule has 0 aliphatic heterocycles. The van der Waals surface area contributed by atoms with Gasteiger partial charge in [-0.1, -0.05) is 26.0 Å². The lowest BCUT2D eigenvalue weighted by Gasteiger charge is -2.12. The molecule has 0 fully saturated rings. The number of methoxy groups -OCH3 is 1. The van der Waals surface area contributed by atoms with E-state index in [1.165, 1.54) is 0 Å². The molecule has 0 spiro atoms. The molecule has 4 nitrogen and oxygen atoms in total. The van der Waals surface area contributed by atoms with Gasteiger partial charge in [0.2, 0.25) is 0 Å². The topological polar surface area (TPSA) is 47.0 Å². The van der Waals surface area contributed by atoms with Gasteiger partial charge in [-0.2, -0.15) is 0 Å². The maximum absolute atomic E-state index is 5.22.